The fourth-order valence-electron chi connectivity index (χ4n) is 3.71. The summed E-state index contributed by atoms with van der Waals surface area (Å²) < 4.78 is 21.8. The Morgan fingerprint density at radius 1 is 1.14 bits per heavy atom. The standard InChI is InChI=1S/C22H22FN3O2/c1-15-7-6-10-19(23)21(15)16(2)25-11-12-26-20(22(25)27)13-17(24-26)14-28-18-8-4-3-5-9-18/h3-10,13,16H,11-12,14H2,1-2H3/t16-/m1/s1. The van der Waals surface area contributed by atoms with E-state index in [9.17, 15) is 9.18 Å². The predicted octanol–water partition coefficient (Wildman–Crippen LogP) is 4.13. The molecule has 0 unspecified atom stereocenters. The van der Waals surface area contributed by atoms with Gasteiger partial charge in [0.25, 0.3) is 5.91 Å². The van der Waals surface area contributed by atoms with Crippen molar-refractivity contribution < 1.29 is 13.9 Å². The first-order valence-electron chi connectivity index (χ1n) is 9.35. The van der Waals surface area contributed by atoms with Crippen LogP contribution in [0.25, 0.3) is 0 Å². The second-order valence-electron chi connectivity index (χ2n) is 6.99. The van der Waals surface area contributed by atoms with Crippen LogP contribution in [0.3, 0.4) is 0 Å². The summed E-state index contributed by atoms with van der Waals surface area (Å²) in [5, 5.41) is 4.49. The zero-order valence-electron chi connectivity index (χ0n) is 15.9. The molecular weight excluding hydrogens is 357 g/mol. The number of aromatic nitrogens is 2. The number of hydrogen-bond acceptors (Lipinski definition) is 3. The van der Waals surface area contributed by atoms with Crippen LogP contribution in [0, 0.1) is 12.7 Å². The summed E-state index contributed by atoms with van der Waals surface area (Å²) in [6, 6.07) is 15.9. The van der Waals surface area contributed by atoms with E-state index in [2.05, 4.69) is 5.10 Å². The zero-order valence-corrected chi connectivity index (χ0v) is 15.9. The quantitative estimate of drug-likeness (QED) is 0.670. The molecule has 0 N–H and O–H groups in total. The van der Waals surface area contributed by atoms with E-state index in [-0.39, 0.29) is 17.8 Å². The number of rotatable bonds is 5. The lowest BCUT2D eigenvalue weighted by atomic mass is 9.99. The summed E-state index contributed by atoms with van der Waals surface area (Å²) in [5.41, 5.74) is 2.62. The highest BCUT2D eigenvalue weighted by Crippen LogP contribution is 2.29. The van der Waals surface area contributed by atoms with E-state index in [4.69, 9.17) is 4.74 Å². The maximum Gasteiger partial charge on any atom is 0.272 e. The number of para-hydroxylation sites is 1. The maximum absolute atomic E-state index is 14.4. The Morgan fingerprint density at radius 3 is 2.68 bits per heavy atom. The summed E-state index contributed by atoms with van der Waals surface area (Å²) in [6.45, 7) is 5.09. The van der Waals surface area contributed by atoms with E-state index in [1.807, 2.05) is 50.2 Å². The summed E-state index contributed by atoms with van der Waals surface area (Å²) in [5.74, 6) is 0.335. The van der Waals surface area contributed by atoms with Crippen LogP contribution in [0.15, 0.2) is 54.6 Å². The number of carbonyl (C=O) groups excluding carboxylic acids is 1. The van der Waals surface area contributed by atoms with Gasteiger partial charge < -0.3 is 9.64 Å². The summed E-state index contributed by atoms with van der Waals surface area (Å²) >= 11 is 0. The minimum Gasteiger partial charge on any atom is -0.487 e. The third-order valence-corrected chi connectivity index (χ3v) is 5.15. The Bertz CT molecular complexity index is 980. The monoisotopic (exact) mass is 379 g/mol. The molecule has 2 heterocycles. The normalized spacial score (nSPS) is 14.7. The van der Waals surface area contributed by atoms with Crippen molar-refractivity contribution in [2.45, 2.75) is 33.0 Å². The van der Waals surface area contributed by atoms with E-state index < -0.39 is 0 Å². The number of fused-ring (bicyclic) bond motifs is 1. The molecule has 2 aromatic carbocycles. The van der Waals surface area contributed by atoms with E-state index in [0.29, 0.717) is 36.6 Å². The first-order valence-corrected chi connectivity index (χ1v) is 9.35. The van der Waals surface area contributed by atoms with Crippen LogP contribution in [0.5, 0.6) is 5.75 Å². The van der Waals surface area contributed by atoms with Gasteiger partial charge in [0.2, 0.25) is 0 Å². The Hall–Kier alpha value is -3.15. The van der Waals surface area contributed by atoms with E-state index in [0.717, 1.165) is 11.3 Å². The topological polar surface area (TPSA) is 47.4 Å². The number of benzene rings is 2. The zero-order chi connectivity index (χ0) is 19.7. The number of hydrogen-bond donors (Lipinski definition) is 0. The average Bonchev–Trinajstić information content (AvgIpc) is 3.11. The Labute approximate surface area is 163 Å². The van der Waals surface area contributed by atoms with Gasteiger partial charge in [-0.05, 0) is 43.7 Å². The summed E-state index contributed by atoms with van der Waals surface area (Å²) in [4.78, 5) is 14.8. The fraction of sp³-hybridized carbons (Fsp3) is 0.273. The van der Waals surface area contributed by atoms with Crippen molar-refractivity contribution in [3.63, 3.8) is 0 Å². The van der Waals surface area contributed by atoms with Crippen LogP contribution in [0.4, 0.5) is 4.39 Å². The van der Waals surface area contributed by atoms with Crippen molar-refractivity contribution in [1.29, 1.82) is 0 Å². The second kappa shape index (κ2) is 7.46. The molecule has 3 aromatic rings. The Balaban J connectivity index is 1.53. The lowest BCUT2D eigenvalue weighted by Crippen LogP contribution is -2.42. The third kappa shape index (κ3) is 3.38. The molecule has 0 aliphatic carbocycles. The van der Waals surface area contributed by atoms with Crippen LogP contribution in [0.2, 0.25) is 0 Å². The molecule has 28 heavy (non-hydrogen) atoms. The molecule has 5 nitrogen and oxygen atoms in total. The Kier molecular flexibility index (Phi) is 4.86. The molecule has 0 bridgehead atoms. The minimum atomic E-state index is -0.346. The van der Waals surface area contributed by atoms with Crippen molar-refractivity contribution in [3.8, 4) is 5.75 Å². The van der Waals surface area contributed by atoms with Gasteiger partial charge >= 0.3 is 0 Å². The molecule has 0 saturated carbocycles. The highest BCUT2D eigenvalue weighted by molar-refractivity contribution is 5.93. The second-order valence-corrected chi connectivity index (χ2v) is 6.99. The highest BCUT2D eigenvalue weighted by atomic mass is 19.1. The number of nitrogens with zero attached hydrogens (tertiary/aromatic N) is 3. The van der Waals surface area contributed by atoms with Crippen LogP contribution in [-0.2, 0) is 13.2 Å². The molecule has 6 heteroatoms. The van der Waals surface area contributed by atoms with Crippen molar-refractivity contribution >= 4 is 5.91 Å². The molecular formula is C22H22FN3O2. The first kappa shape index (κ1) is 18.2. The van der Waals surface area contributed by atoms with Gasteiger partial charge in [-0.1, -0.05) is 30.3 Å². The van der Waals surface area contributed by atoms with Gasteiger partial charge in [-0.25, -0.2) is 4.39 Å². The van der Waals surface area contributed by atoms with E-state index in [1.165, 1.54) is 6.07 Å². The summed E-state index contributed by atoms with van der Waals surface area (Å²) in [7, 11) is 0. The molecule has 144 valence electrons. The molecule has 0 saturated heterocycles. The fourth-order valence-corrected chi connectivity index (χ4v) is 3.71. The van der Waals surface area contributed by atoms with Crippen molar-refractivity contribution in [2.75, 3.05) is 6.54 Å². The van der Waals surface area contributed by atoms with Crippen molar-refractivity contribution in [2.24, 2.45) is 0 Å². The maximum atomic E-state index is 14.4. The largest absolute Gasteiger partial charge is 0.487 e. The van der Waals surface area contributed by atoms with E-state index >= 15 is 0 Å². The van der Waals surface area contributed by atoms with Crippen LogP contribution >= 0.6 is 0 Å². The number of amides is 1. The number of halogens is 1. The minimum absolute atomic E-state index is 0.139. The van der Waals surface area contributed by atoms with Gasteiger partial charge in [-0.2, -0.15) is 5.10 Å². The van der Waals surface area contributed by atoms with Gasteiger partial charge in [0.05, 0.1) is 12.6 Å². The lowest BCUT2D eigenvalue weighted by Gasteiger charge is -2.33. The average molecular weight is 379 g/mol. The molecule has 1 aliphatic heterocycles. The van der Waals surface area contributed by atoms with Crippen LogP contribution in [0.1, 0.15) is 40.3 Å². The molecule has 0 spiro atoms. The lowest BCUT2D eigenvalue weighted by molar-refractivity contribution is 0.0621. The highest BCUT2D eigenvalue weighted by Gasteiger charge is 2.31. The molecule has 1 atom stereocenters. The Morgan fingerprint density at radius 2 is 1.93 bits per heavy atom. The molecule has 1 aliphatic rings. The van der Waals surface area contributed by atoms with Gasteiger partial charge in [-0.15, -0.1) is 0 Å². The summed E-state index contributed by atoms with van der Waals surface area (Å²) in [6.07, 6.45) is 0. The molecule has 0 fully saturated rings. The first-order chi connectivity index (χ1) is 13.5. The van der Waals surface area contributed by atoms with Gasteiger partial charge in [-0.3, -0.25) is 9.48 Å². The number of ether oxygens (including phenoxy) is 1. The third-order valence-electron chi connectivity index (χ3n) is 5.15. The molecule has 1 aromatic heterocycles. The van der Waals surface area contributed by atoms with Crippen molar-refractivity contribution in [1.82, 2.24) is 14.7 Å². The van der Waals surface area contributed by atoms with Crippen LogP contribution < -0.4 is 4.74 Å². The smallest absolute Gasteiger partial charge is 0.272 e. The SMILES string of the molecule is Cc1cccc(F)c1[C@@H](C)N1CCn2nc(COc3ccccc3)cc2C1=O. The molecule has 4 rings (SSSR count). The van der Waals surface area contributed by atoms with Gasteiger partial charge in [0.15, 0.2) is 0 Å². The molecule has 0 radical (unpaired) electrons. The predicted molar refractivity (Wildman–Crippen MR) is 104 cm³/mol. The molecule has 1 amide bonds. The number of aryl methyl sites for hydroxylation is 1. The van der Waals surface area contributed by atoms with Crippen LogP contribution in [-0.4, -0.2) is 27.1 Å². The van der Waals surface area contributed by atoms with Gasteiger partial charge in [0, 0.05) is 12.1 Å². The van der Waals surface area contributed by atoms with Gasteiger partial charge in [0.1, 0.15) is 29.6 Å². The van der Waals surface area contributed by atoms with E-state index in [1.54, 1.807) is 21.7 Å². The van der Waals surface area contributed by atoms with Crippen molar-refractivity contribution in [3.05, 3.63) is 82.9 Å². The number of carbonyl (C=O) groups is 1.